The van der Waals surface area contributed by atoms with Crippen LogP contribution >= 0.6 is 23.1 Å². The van der Waals surface area contributed by atoms with E-state index >= 15 is 0 Å². The quantitative estimate of drug-likeness (QED) is 0.776. The van der Waals surface area contributed by atoms with E-state index in [4.69, 9.17) is 0 Å². The van der Waals surface area contributed by atoms with Crippen molar-refractivity contribution in [2.24, 2.45) is 4.99 Å². The Bertz CT molecular complexity index is 791. The maximum Gasteiger partial charge on any atom is 0.286 e. The highest BCUT2D eigenvalue weighted by molar-refractivity contribution is 8.18. The van der Waals surface area contributed by atoms with E-state index in [0.717, 1.165) is 47.7 Å². The zero-order chi connectivity index (χ0) is 17.1. The molecule has 2 aliphatic heterocycles. The molecule has 1 aromatic heterocycles. The van der Waals surface area contributed by atoms with Crippen LogP contribution in [0.4, 0.5) is 0 Å². The van der Waals surface area contributed by atoms with E-state index in [0.29, 0.717) is 0 Å². The molecule has 25 heavy (non-hydrogen) atoms. The molecule has 128 valence electrons. The highest BCUT2D eigenvalue weighted by Gasteiger charge is 2.28. The van der Waals surface area contributed by atoms with Crippen molar-refractivity contribution in [3.63, 3.8) is 0 Å². The van der Waals surface area contributed by atoms with Crippen LogP contribution in [-0.4, -0.2) is 47.1 Å². The Kier molecular flexibility index (Phi) is 5.01. The van der Waals surface area contributed by atoms with Gasteiger partial charge in [0, 0.05) is 37.6 Å². The lowest BCUT2D eigenvalue weighted by atomic mass is 10.2. The first-order chi connectivity index (χ1) is 12.3. The third-order valence-electron chi connectivity index (χ3n) is 4.32. The lowest BCUT2D eigenvalue weighted by Gasteiger charge is -2.35. The first kappa shape index (κ1) is 16.6. The molecule has 4 rings (SSSR count). The molecule has 0 radical (unpaired) electrons. The lowest BCUT2D eigenvalue weighted by molar-refractivity contribution is -0.113. The smallest absolute Gasteiger partial charge is 0.286 e. The number of amidine groups is 1. The highest BCUT2D eigenvalue weighted by atomic mass is 32.2. The second kappa shape index (κ2) is 7.56. The van der Waals surface area contributed by atoms with Crippen LogP contribution < -0.4 is 0 Å². The van der Waals surface area contributed by atoms with E-state index in [9.17, 15) is 4.79 Å². The van der Waals surface area contributed by atoms with Gasteiger partial charge in [-0.1, -0.05) is 36.4 Å². The van der Waals surface area contributed by atoms with Gasteiger partial charge in [-0.2, -0.15) is 4.99 Å². The van der Waals surface area contributed by atoms with Gasteiger partial charge in [0.05, 0.1) is 4.91 Å². The Hall–Kier alpha value is -1.89. The summed E-state index contributed by atoms with van der Waals surface area (Å²) in [5.41, 5.74) is 1.35. The fourth-order valence-electron chi connectivity index (χ4n) is 2.97. The normalized spacial score (nSPS) is 20.3. The molecule has 0 N–H and O–H groups in total. The third-order valence-corrected chi connectivity index (χ3v) is 6.18. The first-order valence-corrected chi connectivity index (χ1v) is 10.0. The van der Waals surface area contributed by atoms with Crippen molar-refractivity contribution in [3.8, 4) is 0 Å². The largest absolute Gasteiger partial charge is 0.348 e. The summed E-state index contributed by atoms with van der Waals surface area (Å²) in [6.45, 7) is 4.80. The number of aliphatic imine (C=N–C) groups is 1. The molecule has 3 heterocycles. The van der Waals surface area contributed by atoms with E-state index in [2.05, 4.69) is 45.1 Å². The van der Waals surface area contributed by atoms with Crippen molar-refractivity contribution >= 4 is 40.2 Å². The number of benzene rings is 1. The number of carbonyl (C=O) groups excluding carboxylic acids is 1. The molecule has 2 aliphatic rings. The Morgan fingerprint density at radius 2 is 1.84 bits per heavy atom. The van der Waals surface area contributed by atoms with Gasteiger partial charge in [0.25, 0.3) is 5.91 Å². The summed E-state index contributed by atoms with van der Waals surface area (Å²) in [6.07, 6.45) is 1.94. The van der Waals surface area contributed by atoms with Crippen LogP contribution in [0.25, 0.3) is 6.08 Å². The minimum Gasteiger partial charge on any atom is -0.348 e. The van der Waals surface area contributed by atoms with Gasteiger partial charge >= 0.3 is 0 Å². The molecule has 0 unspecified atom stereocenters. The van der Waals surface area contributed by atoms with E-state index in [1.807, 2.05) is 23.6 Å². The molecule has 0 spiro atoms. The second-order valence-corrected chi connectivity index (χ2v) is 8.06. The molecular weight excluding hydrogens is 350 g/mol. The van der Waals surface area contributed by atoms with Gasteiger partial charge in [-0.05, 0) is 34.8 Å². The van der Waals surface area contributed by atoms with Crippen LogP contribution in [0.15, 0.2) is 57.7 Å². The molecule has 0 atom stereocenters. The number of thiophene rings is 1. The summed E-state index contributed by atoms with van der Waals surface area (Å²) in [7, 11) is 0. The molecule has 1 fully saturated rings. The second-order valence-electron chi connectivity index (χ2n) is 6.07. The van der Waals surface area contributed by atoms with Crippen molar-refractivity contribution in [3.05, 3.63) is 63.2 Å². The maximum atomic E-state index is 12.2. The Morgan fingerprint density at radius 1 is 1.04 bits per heavy atom. The molecule has 1 amide bonds. The van der Waals surface area contributed by atoms with Crippen LogP contribution in [0, 0.1) is 0 Å². The molecule has 6 heteroatoms. The van der Waals surface area contributed by atoms with Gasteiger partial charge in [0.2, 0.25) is 0 Å². The number of amides is 1. The van der Waals surface area contributed by atoms with E-state index in [1.54, 1.807) is 11.3 Å². The van der Waals surface area contributed by atoms with Gasteiger partial charge in [0.1, 0.15) is 0 Å². The fourth-order valence-corrected chi connectivity index (χ4v) is 4.66. The lowest BCUT2D eigenvalue weighted by Crippen LogP contribution is -2.47. The van der Waals surface area contributed by atoms with Crippen LogP contribution in [0.3, 0.4) is 0 Å². The first-order valence-electron chi connectivity index (χ1n) is 8.35. The van der Waals surface area contributed by atoms with E-state index in [-0.39, 0.29) is 5.91 Å². The number of hydrogen-bond acceptors (Lipinski definition) is 5. The van der Waals surface area contributed by atoms with Crippen molar-refractivity contribution < 1.29 is 4.79 Å². The van der Waals surface area contributed by atoms with Crippen molar-refractivity contribution in [2.45, 2.75) is 6.54 Å². The SMILES string of the molecule is O=C1N=C(N2CCN(Cc3ccccc3)CC2)S/C1=C\c1cccs1. The topological polar surface area (TPSA) is 35.9 Å². The van der Waals surface area contributed by atoms with Gasteiger partial charge in [-0.3, -0.25) is 9.69 Å². The Morgan fingerprint density at radius 3 is 2.56 bits per heavy atom. The van der Waals surface area contributed by atoms with Crippen molar-refractivity contribution in [1.82, 2.24) is 9.80 Å². The van der Waals surface area contributed by atoms with Crippen LogP contribution in [0.1, 0.15) is 10.4 Å². The highest BCUT2D eigenvalue weighted by Crippen LogP contribution is 2.31. The summed E-state index contributed by atoms with van der Waals surface area (Å²) in [5, 5.41) is 2.87. The number of hydrogen-bond donors (Lipinski definition) is 0. The number of carbonyl (C=O) groups is 1. The molecule has 1 aromatic carbocycles. The predicted octanol–water partition coefficient (Wildman–Crippen LogP) is 3.54. The van der Waals surface area contributed by atoms with Crippen LogP contribution in [-0.2, 0) is 11.3 Å². The number of nitrogens with zero attached hydrogens (tertiary/aromatic N) is 3. The van der Waals surface area contributed by atoms with Crippen molar-refractivity contribution in [2.75, 3.05) is 26.2 Å². The summed E-state index contributed by atoms with van der Waals surface area (Å²) in [5.74, 6) is -0.111. The Balaban J connectivity index is 1.34. The fraction of sp³-hybridized carbons (Fsp3) is 0.263. The minimum absolute atomic E-state index is 0.111. The van der Waals surface area contributed by atoms with E-state index in [1.165, 1.54) is 17.3 Å². The molecule has 0 saturated carbocycles. The summed E-state index contributed by atoms with van der Waals surface area (Å²) in [6, 6.07) is 14.6. The molecule has 0 bridgehead atoms. The van der Waals surface area contributed by atoms with Gasteiger partial charge < -0.3 is 4.90 Å². The molecular formula is C19H19N3OS2. The molecule has 0 aliphatic carbocycles. The summed E-state index contributed by atoms with van der Waals surface area (Å²) >= 11 is 3.14. The van der Waals surface area contributed by atoms with Gasteiger partial charge in [0.15, 0.2) is 5.17 Å². The molecule has 2 aromatic rings. The molecule has 4 nitrogen and oxygen atoms in total. The number of thioether (sulfide) groups is 1. The maximum absolute atomic E-state index is 12.2. The van der Waals surface area contributed by atoms with Gasteiger partial charge in [-0.15, -0.1) is 11.3 Å². The zero-order valence-corrected chi connectivity index (χ0v) is 15.4. The molecule has 1 saturated heterocycles. The Labute approximate surface area is 155 Å². The average molecular weight is 370 g/mol. The summed E-state index contributed by atoms with van der Waals surface area (Å²) < 4.78 is 0. The van der Waals surface area contributed by atoms with Crippen LogP contribution in [0.2, 0.25) is 0 Å². The van der Waals surface area contributed by atoms with Crippen molar-refractivity contribution in [1.29, 1.82) is 0 Å². The standard InChI is InChI=1S/C19H19N3OS2/c23-18-17(13-16-7-4-12-24-16)25-19(20-18)22-10-8-21(9-11-22)14-15-5-2-1-3-6-15/h1-7,12-13H,8-11,14H2/b17-13-. The summed E-state index contributed by atoms with van der Waals surface area (Å²) in [4.78, 5) is 22.9. The zero-order valence-electron chi connectivity index (χ0n) is 13.8. The average Bonchev–Trinajstić information content (AvgIpc) is 3.27. The van der Waals surface area contributed by atoms with E-state index < -0.39 is 0 Å². The monoisotopic (exact) mass is 369 g/mol. The van der Waals surface area contributed by atoms with Crippen LogP contribution in [0.5, 0.6) is 0 Å². The number of rotatable bonds is 3. The van der Waals surface area contributed by atoms with Gasteiger partial charge in [-0.25, -0.2) is 0 Å². The predicted molar refractivity (Wildman–Crippen MR) is 106 cm³/mol. The third kappa shape index (κ3) is 4.03. The minimum atomic E-state index is -0.111. The number of piperazine rings is 1.